The zero-order valence-corrected chi connectivity index (χ0v) is 18.5. The van der Waals surface area contributed by atoms with Gasteiger partial charge < -0.3 is 0 Å². The topological polar surface area (TPSA) is 81.9 Å². The minimum atomic E-state index is -0.571. The molecule has 6 nitrogen and oxygen atoms in total. The molecular formula is C29H19N3O3. The molecule has 0 unspecified atom stereocenters. The number of para-hydroxylation sites is 1. The van der Waals surface area contributed by atoms with Crippen molar-refractivity contribution in [2.75, 3.05) is 0 Å². The summed E-state index contributed by atoms with van der Waals surface area (Å²) in [6.07, 6.45) is 0. The third kappa shape index (κ3) is 4.20. The van der Waals surface area contributed by atoms with Crippen molar-refractivity contribution < 1.29 is 14.4 Å². The number of hydrogen-bond donors (Lipinski definition) is 0. The molecule has 1 heterocycles. The lowest BCUT2D eigenvalue weighted by atomic mass is 9.91. The highest BCUT2D eigenvalue weighted by molar-refractivity contribution is 6.42. The van der Waals surface area contributed by atoms with E-state index in [9.17, 15) is 14.4 Å². The van der Waals surface area contributed by atoms with Crippen LogP contribution in [0.1, 0.15) is 31.1 Å². The first-order chi connectivity index (χ1) is 17.1. The Kier molecular flexibility index (Phi) is 5.92. The molecule has 0 atom stereocenters. The number of aromatic nitrogens is 3. The highest BCUT2D eigenvalue weighted by Gasteiger charge is 2.32. The number of benzene rings is 4. The van der Waals surface area contributed by atoms with Crippen LogP contribution in [0.5, 0.6) is 0 Å². The first-order valence-electron chi connectivity index (χ1n) is 11.0. The van der Waals surface area contributed by atoms with Gasteiger partial charge in [0.1, 0.15) is 16.8 Å². The van der Waals surface area contributed by atoms with Crippen LogP contribution in [-0.2, 0) is 0 Å². The summed E-state index contributed by atoms with van der Waals surface area (Å²) >= 11 is 0. The van der Waals surface area contributed by atoms with Crippen LogP contribution in [-0.4, -0.2) is 32.3 Å². The highest BCUT2D eigenvalue weighted by Crippen LogP contribution is 2.27. The van der Waals surface area contributed by atoms with Gasteiger partial charge in [0, 0.05) is 16.7 Å². The molecule has 0 aliphatic rings. The molecule has 1 aromatic heterocycles. The monoisotopic (exact) mass is 457 g/mol. The molecule has 0 amide bonds. The Bertz CT molecular complexity index is 1520. The number of nitrogens with zero attached hydrogens (tertiary/aromatic N) is 3. The Morgan fingerprint density at radius 1 is 0.514 bits per heavy atom. The summed E-state index contributed by atoms with van der Waals surface area (Å²) in [5.41, 5.74) is 1.51. The SMILES string of the molecule is O=C(C(C(=O)c1ccccc1)=C(C(=O)c1ccccc1)n1nnc2ccccc21)c1ccccc1. The second kappa shape index (κ2) is 9.49. The maximum absolute atomic E-state index is 13.9. The van der Waals surface area contributed by atoms with E-state index in [1.165, 1.54) is 4.68 Å². The summed E-state index contributed by atoms with van der Waals surface area (Å²) in [7, 11) is 0. The van der Waals surface area contributed by atoms with Crippen molar-refractivity contribution in [1.82, 2.24) is 15.0 Å². The van der Waals surface area contributed by atoms with Crippen molar-refractivity contribution in [2.24, 2.45) is 0 Å². The zero-order valence-electron chi connectivity index (χ0n) is 18.5. The number of allylic oxidation sites excluding steroid dienone is 2. The van der Waals surface area contributed by atoms with Crippen LogP contribution in [0, 0.1) is 0 Å². The fourth-order valence-electron chi connectivity index (χ4n) is 3.86. The van der Waals surface area contributed by atoms with Crippen molar-refractivity contribution in [3.05, 3.63) is 138 Å². The molecule has 0 bridgehead atoms. The van der Waals surface area contributed by atoms with E-state index in [2.05, 4.69) is 10.3 Å². The summed E-state index contributed by atoms with van der Waals surface area (Å²) in [4.78, 5) is 41.7. The third-order valence-corrected chi connectivity index (χ3v) is 5.58. The van der Waals surface area contributed by atoms with E-state index in [1.54, 1.807) is 115 Å². The standard InChI is InChI=1S/C29H19N3O3/c33-27(20-12-4-1-5-13-20)25(28(34)21-14-6-2-7-15-21)26(29(35)22-16-8-3-9-17-22)32-24-19-11-10-18-23(24)30-31-32/h1-19H. The molecule has 6 heteroatoms. The van der Waals surface area contributed by atoms with Gasteiger partial charge >= 0.3 is 0 Å². The molecule has 0 fully saturated rings. The van der Waals surface area contributed by atoms with Gasteiger partial charge in [-0.15, -0.1) is 5.10 Å². The Hall–Kier alpha value is -4.97. The van der Waals surface area contributed by atoms with Gasteiger partial charge in [0.15, 0.2) is 11.6 Å². The lowest BCUT2D eigenvalue weighted by Gasteiger charge is -2.14. The van der Waals surface area contributed by atoms with Crippen LogP contribution < -0.4 is 0 Å². The fraction of sp³-hybridized carbons (Fsp3) is 0. The molecule has 0 aliphatic heterocycles. The largest absolute Gasteiger partial charge is 0.288 e. The summed E-state index contributed by atoms with van der Waals surface area (Å²) < 4.78 is 1.29. The number of fused-ring (bicyclic) bond motifs is 1. The normalized spacial score (nSPS) is 10.6. The summed E-state index contributed by atoms with van der Waals surface area (Å²) in [6.45, 7) is 0. The van der Waals surface area contributed by atoms with Crippen molar-refractivity contribution in [1.29, 1.82) is 0 Å². The van der Waals surface area contributed by atoms with Gasteiger partial charge in [0.05, 0.1) is 5.52 Å². The lowest BCUT2D eigenvalue weighted by molar-refractivity contribution is 0.0950. The summed E-state index contributed by atoms with van der Waals surface area (Å²) in [6, 6.07) is 32.4. The Labute approximate surface area is 201 Å². The second-order valence-corrected chi connectivity index (χ2v) is 7.80. The van der Waals surface area contributed by atoms with Crippen LogP contribution >= 0.6 is 0 Å². The van der Waals surface area contributed by atoms with Crippen LogP contribution in [0.2, 0.25) is 0 Å². The Balaban J connectivity index is 1.85. The average Bonchev–Trinajstić information content (AvgIpc) is 3.36. The molecule has 0 saturated carbocycles. The molecule has 5 aromatic rings. The molecule has 4 aromatic carbocycles. The van der Waals surface area contributed by atoms with E-state index >= 15 is 0 Å². The first-order valence-corrected chi connectivity index (χ1v) is 11.0. The van der Waals surface area contributed by atoms with Gasteiger partial charge in [-0.1, -0.05) is 108 Å². The number of Topliss-reactive ketones (excluding diaryl/α,β-unsaturated/α-hetero) is 3. The maximum Gasteiger partial charge on any atom is 0.212 e. The molecule has 0 saturated heterocycles. The van der Waals surface area contributed by atoms with Crippen LogP contribution in [0.25, 0.3) is 16.7 Å². The number of carbonyl (C=O) groups excluding carboxylic acids is 3. The molecular weight excluding hydrogens is 438 g/mol. The zero-order chi connectivity index (χ0) is 24.2. The smallest absolute Gasteiger partial charge is 0.212 e. The molecule has 0 N–H and O–H groups in total. The average molecular weight is 457 g/mol. The van der Waals surface area contributed by atoms with Gasteiger partial charge in [-0.05, 0) is 12.1 Å². The van der Waals surface area contributed by atoms with Gasteiger partial charge in [0.2, 0.25) is 5.78 Å². The van der Waals surface area contributed by atoms with Crippen molar-refractivity contribution in [3.8, 4) is 0 Å². The van der Waals surface area contributed by atoms with Crippen molar-refractivity contribution in [3.63, 3.8) is 0 Å². The first kappa shape index (κ1) is 21.9. The van der Waals surface area contributed by atoms with Crippen LogP contribution in [0.3, 0.4) is 0 Å². The van der Waals surface area contributed by atoms with E-state index in [4.69, 9.17) is 0 Å². The molecule has 0 spiro atoms. The fourth-order valence-corrected chi connectivity index (χ4v) is 3.86. The quantitative estimate of drug-likeness (QED) is 0.144. The van der Waals surface area contributed by atoms with Gasteiger partial charge in [0.25, 0.3) is 0 Å². The molecule has 35 heavy (non-hydrogen) atoms. The van der Waals surface area contributed by atoms with Crippen molar-refractivity contribution in [2.45, 2.75) is 0 Å². The van der Waals surface area contributed by atoms with E-state index in [0.717, 1.165) is 0 Å². The molecule has 168 valence electrons. The maximum atomic E-state index is 13.9. The minimum Gasteiger partial charge on any atom is -0.288 e. The predicted octanol–water partition coefficient (Wildman–Crippen LogP) is 5.29. The third-order valence-electron chi connectivity index (χ3n) is 5.58. The van der Waals surface area contributed by atoms with E-state index in [0.29, 0.717) is 16.6 Å². The predicted molar refractivity (Wildman–Crippen MR) is 133 cm³/mol. The van der Waals surface area contributed by atoms with Gasteiger partial charge in [-0.25, -0.2) is 4.68 Å². The molecule has 5 rings (SSSR count). The number of carbonyl (C=O) groups is 3. The molecule has 0 radical (unpaired) electrons. The van der Waals surface area contributed by atoms with Crippen LogP contribution in [0.15, 0.2) is 121 Å². The minimum absolute atomic E-state index is 0.146. The van der Waals surface area contributed by atoms with Gasteiger partial charge in [-0.3, -0.25) is 14.4 Å². The van der Waals surface area contributed by atoms with E-state index in [-0.39, 0.29) is 22.4 Å². The summed E-state index contributed by atoms with van der Waals surface area (Å²) in [5.74, 6) is -1.65. The number of hydrogen-bond acceptors (Lipinski definition) is 5. The second-order valence-electron chi connectivity index (χ2n) is 7.80. The number of rotatable bonds is 7. The summed E-state index contributed by atoms with van der Waals surface area (Å²) in [5, 5.41) is 8.36. The van der Waals surface area contributed by atoms with Gasteiger partial charge in [-0.2, -0.15) is 0 Å². The van der Waals surface area contributed by atoms with E-state index in [1.807, 2.05) is 0 Å². The van der Waals surface area contributed by atoms with Crippen LogP contribution in [0.4, 0.5) is 0 Å². The van der Waals surface area contributed by atoms with Crippen molar-refractivity contribution >= 4 is 34.1 Å². The Morgan fingerprint density at radius 3 is 1.46 bits per heavy atom. The van der Waals surface area contributed by atoms with E-state index < -0.39 is 17.3 Å². The number of ketones is 3. The lowest BCUT2D eigenvalue weighted by Crippen LogP contribution is -2.23. The highest BCUT2D eigenvalue weighted by atomic mass is 16.2. The molecule has 0 aliphatic carbocycles. The Morgan fingerprint density at radius 2 is 0.943 bits per heavy atom.